The van der Waals surface area contributed by atoms with E-state index in [1.165, 1.54) is 27.7 Å². The molecule has 1 aliphatic heterocycles. The van der Waals surface area contributed by atoms with Gasteiger partial charge in [0.25, 0.3) is 0 Å². The van der Waals surface area contributed by atoms with E-state index >= 15 is 4.39 Å². The molecule has 5 aromatic rings. The van der Waals surface area contributed by atoms with Gasteiger partial charge < -0.3 is 10.0 Å². The first-order valence-electron chi connectivity index (χ1n) is 12.2. The molecule has 0 saturated carbocycles. The van der Waals surface area contributed by atoms with Crippen LogP contribution in [-0.2, 0) is 11.8 Å². The van der Waals surface area contributed by atoms with Crippen LogP contribution in [0.5, 0.6) is 0 Å². The molecule has 6 rings (SSSR count). The maximum Gasteiger partial charge on any atom is 0.306 e. The Labute approximate surface area is 214 Å². The summed E-state index contributed by atoms with van der Waals surface area (Å²) in [4.78, 5) is 17.8. The highest BCUT2D eigenvalue weighted by molar-refractivity contribution is 6.04. The fraction of sp³-hybridized carbons (Fsp3) is 0.259. The summed E-state index contributed by atoms with van der Waals surface area (Å²) in [6.07, 6.45) is 4.20. The first-order valence-corrected chi connectivity index (χ1v) is 12.2. The minimum Gasteiger partial charge on any atom is -0.481 e. The summed E-state index contributed by atoms with van der Waals surface area (Å²) in [5.74, 6) is -2.45. The first kappa shape index (κ1) is 24.0. The number of benzene rings is 2. The van der Waals surface area contributed by atoms with E-state index in [-0.39, 0.29) is 28.1 Å². The molecule has 1 saturated heterocycles. The molecular formula is C27H23F3N6O2. The second-order valence-corrected chi connectivity index (χ2v) is 9.58. The monoisotopic (exact) mass is 520 g/mol. The number of aliphatic carboxylic acids is 1. The van der Waals surface area contributed by atoms with Crippen LogP contribution in [0.1, 0.15) is 18.4 Å². The lowest BCUT2D eigenvalue weighted by molar-refractivity contribution is -0.142. The van der Waals surface area contributed by atoms with Gasteiger partial charge in [-0.05, 0) is 44.0 Å². The molecule has 2 aromatic carbocycles. The van der Waals surface area contributed by atoms with Gasteiger partial charge in [0, 0.05) is 54.3 Å². The van der Waals surface area contributed by atoms with E-state index in [0.717, 1.165) is 6.07 Å². The largest absolute Gasteiger partial charge is 0.481 e. The molecule has 1 aliphatic rings. The molecule has 194 valence electrons. The molecule has 0 unspecified atom stereocenters. The van der Waals surface area contributed by atoms with E-state index in [1.54, 1.807) is 32.3 Å². The SMILES string of the molecule is Cc1c(F)ccc2c(-c3c(F)cc(F)c4nn(C)cc34)nn(-c3ccc(N4CCC(C(=O)O)CC4)nc3)c12. The Morgan fingerprint density at radius 3 is 2.45 bits per heavy atom. The number of carbonyl (C=O) groups is 1. The molecule has 0 amide bonds. The number of hydrogen-bond acceptors (Lipinski definition) is 5. The molecule has 1 N–H and O–H groups in total. The van der Waals surface area contributed by atoms with Gasteiger partial charge in [0.1, 0.15) is 28.7 Å². The van der Waals surface area contributed by atoms with E-state index in [9.17, 15) is 18.7 Å². The standard InChI is InChI=1S/C27H23F3N6O2/c1-14-19(28)5-4-17-25(23-18-13-34(2)32-24(18)21(30)11-20(23)29)33-36(26(14)17)16-3-6-22(31-12-16)35-9-7-15(8-10-35)27(37)38/h3-6,11-13,15H,7-10H2,1-2H3,(H,37,38). The fourth-order valence-electron chi connectivity index (χ4n) is 5.23. The number of carboxylic acid groups (broad SMARTS) is 1. The van der Waals surface area contributed by atoms with Crippen molar-refractivity contribution in [1.29, 1.82) is 0 Å². The van der Waals surface area contributed by atoms with E-state index in [4.69, 9.17) is 0 Å². The van der Waals surface area contributed by atoms with Gasteiger partial charge in [-0.25, -0.2) is 22.8 Å². The summed E-state index contributed by atoms with van der Waals surface area (Å²) in [5.41, 5.74) is 1.63. The number of fused-ring (bicyclic) bond motifs is 2. The smallest absolute Gasteiger partial charge is 0.306 e. The molecule has 38 heavy (non-hydrogen) atoms. The third kappa shape index (κ3) is 3.77. The van der Waals surface area contributed by atoms with Crippen LogP contribution in [0.2, 0.25) is 0 Å². The Morgan fingerprint density at radius 1 is 1.00 bits per heavy atom. The number of nitrogens with zero attached hydrogens (tertiary/aromatic N) is 6. The van der Waals surface area contributed by atoms with Crippen molar-refractivity contribution in [2.24, 2.45) is 13.0 Å². The highest BCUT2D eigenvalue weighted by Crippen LogP contribution is 2.38. The minimum absolute atomic E-state index is 0.0168. The van der Waals surface area contributed by atoms with E-state index < -0.39 is 23.4 Å². The van der Waals surface area contributed by atoms with Gasteiger partial charge in [0.2, 0.25) is 0 Å². The second-order valence-electron chi connectivity index (χ2n) is 9.58. The fourth-order valence-corrected chi connectivity index (χ4v) is 5.23. The van der Waals surface area contributed by atoms with Gasteiger partial charge in [-0.3, -0.25) is 9.48 Å². The van der Waals surface area contributed by atoms with Crippen molar-refractivity contribution >= 4 is 33.6 Å². The minimum atomic E-state index is -0.797. The molecule has 0 aliphatic carbocycles. The summed E-state index contributed by atoms with van der Waals surface area (Å²) in [7, 11) is 1.62. The van der Waals surface area contributed by atoms with Gasteiger partial charge in [-0.15, -0.1) is 0 Å². The van der Waals surface area contributed by atoms with Gasteiger partial charge >= 0.3 is 5.97 Å². The van der Waals surface area contributed by atoms with Gasteiger partial charge in [0.15, 0.2) is 5.82 Å². The molecule has 8 nitrogen and oxygen atoms in total. The summed E-state index contributed by atoms with van der Waals surface area (Å²) < 4.78 is 47.4. The van der Waals surface area contributed by atoms with Crippen LogP contribution < -0.4 is 4.90 Å². The summed E-state index contributed by atoms with van der Waals surface area (Å²) >= 11 is 0. The van der Waals surface area contributed by atoms with Gasteiger partial charge in [-0.2, -0.15) is 10.2 Å². The van der Waals surface area contributed by atoms with Crippen molar-refractivity contribution in [2.75, 3.05) is 18.0 Å². The van der Waals surface area contributed by atoms with Crippen LogP contribution in [0.25, 0.3) is 38.8 Å². The number of aromatic nitrogens is 5. The number of carboxylic acids is 1. The highest BCUT2D eigenvalue weighted by Gasteiger charge is 2.26. The lowest BCUT2D eigenvalue weighted by Gasteiger charge is -2.31. The van der Waals surface area contributed by atoms with Crippen molar-refractivity contribution in [3.63, 3.8) is 0 Å². The van der Waals surface area contributed by atoms with Crippen LogP contribution >= 0.6 is 0 Å². The van der Waals surface area contributed by atoms with Gasteiger partial charge in [-0.1, -0.05) is 0 Å². The lowest BCUT2D eigenvalue weighted by Crippen LogP contribution is -2.36. The van der Waals surface area contributed by atoms with Crippen LogP contribution in [0.3, 0.4) is 0 Å². The zero-order valence-corrected chi connectivity index (χ0v) is 20.6. The van der Waals surface area contributed by atoms with E-state index in [0.29, 0.717) is 53.9 Å². The van der Waals surface area contributed by atoms with Crippen molar-refractivity contribution in [3.05, 3.63) is 65.7 Å². The normalized spacial score (nSPS) is 14.6. The molecule has 11 heteroatoms. The van der Waals surface area contributed by atoms with Crippen LogP contribution in [-0.4, -0.2) is 48.7 Å². The van der Waals surface area contributed by atoms with Crippen molar-refractivity contribution in [2.45, 2.75) is 19.8 Å². The topological polar surface area (TPSA) is 89.1 Å². The molecule has 1 fully saturated rings. The first-order chi connectivity index (χ1) is 18.2. The number of halogens is 3. The number of piperidine rings is 1. The van der Waals surface area contributed by atoms with Crippen molar-refractivity contribution in [3.8, 4) is 16.9 Å². The molecular weight excluding hydrogens is 497 g/mol. The Morgan fingerprint density at radius 2 is 1.76 bits per heavy atom. The third-order valence-electron chi connectivity index (χ3n) is 7.23. The number of pyridine rings is 1. The zero-order chi connectivity index (χ0) is 26.7. The summed E-state index contributed by atoms with van der Waals surface area (Å²) in [6, 6.07) is 7.21. The van der Waals surface area contributed by atoms with Crippen molar-refractivity contribution < 1.29 is 23.1 Å². The van der Waals surface area contributed by atoms with Crippen LogP contribution in [0.4, 0.5) is 19.0 Å². The number of rotatable bonds is 4. The summed E-state index contributed by atoms with van der Waals surface area (Å²) in [5, 5.41) is 18.8. The Bertz CT molecular complexity index is 1720. The Balaban J connectivity index is 1.47. The number of aryl methyl sites for hydroxylation is 2. The third-order valence-corrected chi connectivity index (χ3v) is 7.23. The van der Waals surface area contributed by atoms with Crippen molar-refractivity contribution in [1.82, 2.24) is 24.5 Å². The molecule has 4 heterocycles. The summed E-state index contributed by atoms with van der Waals surface area (Å²) in [6.45, 7) is 2.77. The highest BCUT2D eigenvalue weighted by atomic mass is 19.1. The number of anilines is 1. The predicted octanol–water partition coefficient (Wildman–Crippen LogP) is 5.00. The second kappa shape index (κ2) is 8.86. The number of hydrogen-bond donors (Lipinski definition) is 1. The maximum absolute atomic E-state index is 15.3. The molecule has 3 aromatic heterocycles. The Hall–Kier alpha value is -4.41. The zero-order valence-electron chi connectivity index (χ0n) is 20.6. The molecule has 0 radical (unpaired) electrons. The average Bonchev–Trinajstić information content (AvgIpc) is 3.48. The van der Waals surface area contributed by atoms with Crippen LogP contribution in [0, 0.1) is 30.3 Å². The van der Waals surface area contributed by atoms with Crippen LogP contribution in [0.15, 0.2) is 42.7 Å². The maximum atomic E-state index is 15.3. The molecule has 0 atom stereocenters. The van der Waals surface area contributed by atoms with E-state index in [1.807, 2.05) is 4.90 Å². The Kier molecular flexibility index (Phi) is 5.59. The van der Waals surface area contributed by atoms with Gasteiger partial charge in [0.05, 0.1) is 23.3 Å². The van der Waals surface area contributed by atoms with E-state index in [2.05, 4.69) is 15.2 Å². The molecule has 0 spiro atoms. The quantitative estimate of drug-likeness (QED) is 0.359. The molecule has 0 bridgehead atoms. The lowest BCUT2D eigenvalue weighted by atomic mass is 9.97. The predicted molar refractivity (Wildman–Crippen MR) is 136 cm³/mol. The average molecular weight is 521 g/mol.